The van der Waals surface area contributed by atoms with E-state index in [4.69, 9.17) is 4.74 Å². The third kappa shape index (κ3) is 3.84. The first-order valence-corrected chi connectivity index (χ1v) is 6.45. The molecule has 0 radical (unpaired) electrons. The minimum Gasteiger partial charge on any atom is -0.444 e. The van der Waals surface area contributed by atoms with Gasteiger partial charge in [-0.25, -0.2) is 14.3 Å². The average Bonchev–Trinajstić information content (AvgIpc) is 2.81. The fraction of sp³-hybridized carbons (Fsp3) is 0.462. The van der Waals surface area contributed by atoms with Crippen molar-refractivity contribution in [2.75, 3.05) is 18.4 Å². The molecule has 20 heavy (non-hydrogen) atoms. The van der Waals surface area contributed by atoms with E-state index in [0.29, 0.717) is 13.1 Å². The number of aromatic nitrogens is 3. The van der Waals surface area contributed by atoms with Crippen LogP contribution in [0.5, 0.6) is 0 Å². The fourth-order valence-electron chi connectivity index (χ4n) is 1.65. The highest BCUT2D eigenvalue weighted by Crippen LogP contribution is 2.11. The normalized spacial score (nSPS) is 11.3. The highest BCUT2D eigenvalue weighted by molar-refractivity contribution is 5.68. The molecule has 0 fully saturated rings. The topological polar surface area (TPSA) is 80.5 Å². The molecule has 0 saturated carbocycles. The van der Waals surface area contributed by atoms with Crippen molar-refractivity contribution in [2.45, 2.75) is 26.4 Å². The summed E-state index contributed by atoms with van der Waals surface area (Å²) >= 11 is 0. The molecule has 0 aliphatic carbocycles. The zero-order valence-corrected chi connectivity index (χ0v) is 11.9. The maximum Gasteiger partial charge on any atom is 0.407 e. The Morgan fingerprint density at radius 2 is 2.15 bits per heavy atom. The van der Waals surface area contributed by atoms with Crippen molar-refractivity contribution in [1.29, 1.82) is 0 Å². The number of anilines is 1. The number of amides is 1. The number of ether oxygens (including phenoxy) is 1. The minimum atomic E-state index is -0.484. The standard InChI is InChI=1S/C13H19N5O2/c1-13(2,3)20-12(19)16-7-6-14-11-10-4-5-17-18(10)9-8-15-11/h4-5,8-9H,6-7H2,1-3H3,(H,14,15)(H,16,19). The van der Waals surface area contributed by atoms with Crippen molar-refractivity contribution in [3.8, 4) is 0 Å². The molecule has 0 aliphatic rings. The average molecular weight is 277 g/mol. The van der Waals surface area contributed by atoms with E-state index in [0.717, 1.165) is 11.3 Å². The first kappa shape index (κ1) is 14.1. The molecule has 2 N–H and O–H groups in total. The summed E-state index contributed by atoms with van der Waals surface area (Å²) in [5.74, 6) is 0.732. The van der Waals surface area contributed by atoms with Gasteiger partial charge in [-0.2, -0.15) is 5.10 Å². The summed E-state index contributed by atoms with van der Waals surface area (Å²) in [5.41, 5.74) is 0.409. The van der Waals surface area contributed by atoms with Gasteiger partial charge < -0.3 is 15.4 Å². The lowest BCUT2D eigenvalue weighted by Crippen LogP contribution is -2.35. The number of rotatable bonds is 4. The van der Waals surface area contributed by atoms with Crippen molar-refractivity contribution in [3.63, 3.8) is 0 Å². The molecular weight excluding hydrogens is 258 g/mol. The number of hydrogen-bond donors (Lipinski definition) is 2. The number of carbonyl (C=O) groups excluding carboxylic acids is 1. The number of alkyl carbamates (subject to hydrolysis) is 1. The summed E-state index contributed by atoms with van der Waals surface area (Å²) in [4.78, 5) is 15.7. The Labute approximate surface area is 117 Å². The third-order valence-corrected chi connectivity index (χ3v) is 2.41. The number of hydrogen-bond acceptors (Lipinski definition) is 5. The van der Waals surface area contributed by atoms with Gasteiger partial charge in [0, 0.05) is 25.5 Å². The number of nitrogens with zero attached hydrogens (tertiary/aromatic N) is 3. The largest absolute Gasteiger partial charge is 0.444 e. The van der Waals surface area contributed by atoms with Crippen LogP contribution in [0.4, 0.5) is 10.6 Å². The smallest absolute Gasteiger partial charge is 0.407 e. The van der Waals surface area contributed by atoms with E-state index in [2.05, 4.69) is 20.7 Å². The first-order chi connectivity index (χ1) is 9.46. The third-order valence-electron chi connectivity index (χ3n) is 2.41. The van der Waals surface area contributed by atoms with Gasteiger partial charge in [0.25, 0.3) is 0 Å². The Hall–Kier alpha value is -2.31. The summed E-state index contributed by atoms with van der Waals surface area (Å²) < 4.78 is 6.87. The van der Waals surface area contributed by atoms with Gasteiger partial charge in [0.15, 0.2) is 5.82 Å². The van der Waals surface area contributed by atoms with Crippen molar-refractivity contribution in [1.82, 2.24) is 19.9 Å². The Bertz CT molecular complexity index is 588. The van der Waals surface area contributed by atoms with E-state index in [1.165, 1.54) is 0 Å². The monoisotopic (exact) mass is 277 g/mol. The van der Waals surface area contributed by atoms with Gasteiger partial charge >= 0.3 is 6.09 Å². The molecule has 2 aromatic rings. The predicted octanol–water partition coefficient (Wildman–Crippen LogP) is 1.67. The van der Waals surface area contributed by atoms with E-state index >= 15 is 0 Å². The number of carbonyl (C=O) groups is 1. The molecule has 1 amide bonds. The van der Waals surface area contributed by atoms with Crippen LogP contribution in [0.1, 0.15) is 20.8 Å². The van der Waals surface area contributed by atoms with Gasteiger partial charge in [0.05, 0.1) is 6.20 Å². The summed E-state index contributed by atoms with van der Waals surface area (Å²) in [6.45, 7) is 6.49. The molecule has 0 spiro atoms. The van der Waals surface area contributed by atoms with Crippen molar-refractivity contribution < 1.29 is 9.53 Å². The molecule has 2 aromatic heterocycles. The van der Waals surface area contributed by atoms with Gasteiger partial charge in [-0.05, 0) is 26.8 Å². The summed E-state index contributed by atoms with van der Waals surface area (Å²) in [6, 6.07) is 1.87. The van der Waals surface area contributed by atoms with Gasteiger partial charge in [-0.15, -0.1) is 0 Å². The minimum absolute atomic E-state index is 0.421. The highest BCUT2D eigenvalue weighted by atomic mass is 16.6. The van der Waals surface area contributed by atoms with Crippen LogP contribution in [0.2, 0.25) is 0 Å². The van der Waals surface area contributed by atoms with E-state index < -0.39 is 11.7 Å². The Morgan fingerprint density at radius 3 is 2.90 bits per heavy atom. The van der Waals surface area contributed by atoms with Crippen LogP contribution >= 0.6 is 0 Å². The molecule has 0 aliphatic heterocycles. The second kappa shape index (κ2) is 5.77. The Morgan fingerprint density at radius 1 is 1.35 bits per heavy atom. The summed E-state index contributed by atoms with van der Waals surface area (Å²) in [7, 11) is 0. The van der Waals surface area contributed by atoms with Gasteiger partial charge in [-0.1, -0.05) is 0 Å². The molecule has 0 saturated heterocycles. The lowest BCUT2D eigenvalue weighted by molar-refractivity contribution is 0.0530. The quantitative estimate of drug-likeness (QED) is 0.831. The summed E-state index contributed by atoms with van der Waals surface area (Å²) in [5, 5.41) is 9.95. The molecule has 0 bridgehead atoms. The molecule has 108 valence electrons. The Kier molecular flexibility index (Phi) is 4.07. The summed E-state index contributed by atoms with van der Waals surface area (Å²) in [6.07, 6.45) is 4.74. The fourth-order valence-corrected chi connectivity index (χ4v) is 1.65. The van der Waals surface area contributed by atoms with Crippen LogP contribution in [-0.4, -0.2) is 39.4 Å². The molecule has 7 heteroatoms. The SMILES string of the molecule is CC(C)(C)OC(=O)NCCNc1nccn2nccc12. The highest BCUT2D eigenvalue weighted by Gasteiger charge is 2.15. The first-order valence-electron chi connectivity index (χ1n) is 6.45. The van der Waals surface area contributed by atoms with Crippen LogP contribution in [-0.2, 0) is 4.74 Å². The maximum absolute atomic E-state index is 11.5. The molecule has 0 unspecified atom stereocenters. The van der Waals surface area contributed by atoms with Crippen LogP contribution in [0.15, 0.2) is 24.7 Å². The molecule has 0 atom stereocenters. The second-order valence-electron chi connectivity index (χ2n) is 5.29. The zero-order valence-electron chi connectivity index (χ0n) is 11.9. The van der Waals surface area contributed by atoms with Crippen molar-refractivity contribution >= 4 is 17.4 Å². The van der Waals surface area contributed by atoms with Gasteiger partial charge in [-0.3, -0.25) is 0 Å². The number of nitrogens with one attached hydrogen (secondary N) is 2. The van der Waals surface area contributed by atoms with Crippen LogP contribution in [0.3, 0.4) is 0 Å². The zero-order chi connectivity index (χ0) is 14.6. The molecule has 2 rings (SSSR count). The van der Waals surface area contributed by atoms with E-state index in [-0.39, 0.29) is 0 Å². The van der Waals surface area contributed by atoms with Crippen molar-refractivity contribution in [2.24, 2.45) is 0 Å². The Balaban J connectivity index is 1.79. The van der Waals surface area contributed by atoms with Crippen LogP contribution in [0.25, 0.3) is 5.52 Å². The predicted molar refractivity (Wildman–Crippen MR) is 75.7 cm³/mol. The van der Waals surface area contributed by atoms with Gasteiger partial charge in [0.1, 0.15) is 11.1 Å². The molecule has 2 heterocycles. The van der Waals surface area contributed by atoms with Crippen LogP contribution in [0, 0.1) is 0 Å². The lowest BCUT2D eigenvalue weighted by Gasteiger charge is -2.19. The van der Waals surface area contributed by atoms with Gasteiger partial charge in [0.2, 0.25) is 0 Å². The maximum atomic E-state index is 11.5. The second-order valence-corrected chi connectivity index (χ2v) is 5.29. The molecule has 0 aromatic carbocycles. The van der Waals surface area contributed by atoms with Crippen molar-refractivity contribution in [3.05, 3.63) is 24.7 Å². The molecule has 7 nitrogen and oxygen atoms in total. The van der Waals surface area contributed by atoms with E-state index in [1.807, 2.05) is 26.8 Å². The van der Waals surface area contributed by atoms with Crippen LogP contribution < -0.4 is 10.6 Å². The lowest BCUT2D eigenvalue weighted by atomic mass is 10.2. The van der Waals surface area contributed by atoms with E-state index in [1.54, 1.807) is 23.1 Å². The molecular formula is C13H19N5O2. The number of fused-ring (bicyclic) bond motifs is 1. The van der Waals surface area contributed by atoms with E-state index in [9.17, 15) is 4.79 Å².